The van der Waals surface area contributed by atoms with Crippen LogP contribution in [-0.2, 0) is 13.0 Å². The Bertz CT molecular complexity index is 917. The molecule has 0 aliphatic rings. The number of aromatic nitrogens is 2. The highest BCUT2D eigenvalue weighted by Crippen LogP contribution is 2.12. The number of rotatable bonds is 8. The summed E-state index contributed by atoms with van der Waals surface area (Å²) in [5.74, 6) is -0.0515. The Kier molecular flexibility index (Phi) is 6.68. The minimum Gasteiger partial charge on any atom is -0.350 e. The Morgan fingerprint density at radius 1 is 1.07 bits per heavy atom. The standard InChI is InChI=1S/C22H23FN4O/c1-2-27(16-17-8-4-3-5-9-17)22-25-15-13-20(26-22)21(28)24-14-12-18-10-6-7-11-19(18)23/h3-11,13,15H,2,12,14,16H2,1H3,(H,24,28). The lowest BCUT2D eigenvalue weighted by Gasteiger charge is -2.21. The molecule has 3 rings (SSSR count). The summed E-state index contributed by atoms with van der Waals surface area (Å²) in [6.07, 6.45) is 2.01. The molecule has 0 aliphatic heterocycles. The van der Waals surface area contributed by atoms with Crippen molar-refractivity contribution >= 4 is 11.9 Å². The van der Waals surface area contributed by atoms with Crippen LogP contribution in [0.3, 0.4) is 0 Å². The number of hydrogen-bond donors (Lipinski definition) is 1. The van der Waals surface area contributed by atoms with Gasteiger partial charge >= 0.3 is 0 Å². The minimum absolute atomic E-state index is 0.263. The first-order valence-electron chi connectivity index (χ1n) is 9.31. The monoisotopic (exact) mass is 378 g/mol. The molecule has 0 spiro atoms. The fourth-order valence-electron chi connectivity index (χ4n) is 2.86. The zero-order valence-electron chi connectivity index (χ0n) is 15.8. The van der Waals surface area contributed by atoms with Gasteiger partial charge < -0.3 is 10.2 Å². The van der Waals surface area contributed by atoms with E-state index >= 15 is 0 Å². The molecule has 1 N–H and O–H groups in total. The molecule has 6 heteroatoms. The van der Waals surface area contributed by atoms with E-state index in [2.05, 4.69) is 15.3 Å². The molecule has 0 saturated heterocycles. The summed E-state index contributed by atoms with van der Waals surface area (Å²) in [4.78, 5) is 23.2. The summed E-state index contributed by atoms with van der Waals surface area (Å²) >= 11 is 0. The molecule has 5 nitrogen and oxygen atoms in total. The maximum Gasteiger partial charge on any atom is 0.270 e. The van der Waals surface area contributed by atoms with E-state index in [1.807, 2.05) is 42.2 Å². The number of nitrogens with zero attached hydrogens (tertiary/aromatic N) is 3. The highest BCUT2D eigenvalue weighted by Gasteiger charge is 2.13. The number of hydrogen-bond acceptors (Lipinski definition) is 4. The normalized spacial score (nSPS) is 10.5. The van der Waals surface area contributed by atoms with Gasteiger partial charge in [0.05, 0.1) is 0 Å². The Balaban J connectivity index is 1.62. The van der Waals surface area contributed by atoms with Crippen molar-refractivity contribution in [2.75, 3.05) is 18.0 Å². The third kappa shape index (κ3) is 5.13. The van der Waals surface area contributed by atoms with Crippen molar-refractivity contribution in [3.8, 4) is 0 Å². The third-order valence-electron chi connectivity index (χ3n) is 4.39. The van der Waals surface area contributed by atoms with Gasteiger partial charge in [-0.05, 0) is 36.6 Å². The van der Waals surface area contributed by atoms with Crippen molar-refractivity contribution in [1.29, 1.82) is 0 Å². The summed E-state index contributed by atoms with van der Waals surface area (Å²) in [6, 6.07) is 18.2. The van der Waals surface area contributed by atoms with E-state index in [9.17, 15) is 9.18 Å². The van der Waals surface area contributed by atoms with Crippen molar-refractivity contribution in [1.82, 2.24) is 15.3 Å². The van der Waals surface area contributed by atoms with E-state index in [-0.39, 0.29) is 11.7 Å². The molecule has 0 fully saturated rings. The van der Waals surface area contributed by atoms with Crippen LogP contribution < -0.4 is 10.2 Å². The van der Waals surface area contributed by atoms with Gasteiger partial charge in [-0.25, -0.2) is 14.4 Å². The van der Waals surface area contributed by atoms with Gasteiger partial charge in [-0.15, -0.1) is 0 Å². The van der Waals surface area contributed by atoms with Crippen LogP contribution in [0.2, 0.25) is 0 Å². The maximum atomic E-state index is 13.7. The van der Waals surface area contributed by atoms with Gasteiger partial charge in [0.15, 0.2) is 0 Å². The predicted octanol–water partition coefficient (Wildman–Crippen LogP) is 3.61. The second kappa shape index (κ2) is 9.60. The highest BCUT2D eigenvalue weighted by molar-refractivity contribution is 5.92. The minimum atomic E-state index is -0.296. The molecule has 144 valence electrons. The first-order chi connectivity index (χ1) is 13.7. The van der Waals surface area contributed by atoms with Gasteiger partial charge in [-0.3, -0.25) is 4.79 Å². The van der Waals surface area contributed by atoms with Crippen molar-refractivity contribution in [3.05, 3.63) is 89.5 Å². The van der Waals surface area contributed by atoms with Crippen molar-refractivity contribution in [3.63, 3.8) is 0 Å². The lowest BCUT2D eigenvalue weighted by Crippen LogP contribution is -2.29. The summed E-state index contributed by atoms with van der Waals surface area (Å²) < 4.78 is 13.7. The Morgan fingerprint density at radius 2 is 1.82 bits per heavy atom. The lowest BCUT2D eigenvalue weighted by atomic mass is 10.1. The Hall–Kier alpha value is -3.28. The second-order valence-electron chi connectivity index (χ2n) is 6.34. The molecule has 28 heavy (non-hydrogen) atoms. The van der Waals surface area contributed by atoms with E-state index in [0.29, 0.717) is 43.3 Å². The molecule has 0 aliphatic carbocycles. The third-order valence-corrected chi connectivity index (χ3v) is 4.39. The number of anilines is 1. The predicted molar refractivity (Wildman–Crippen MR) is 108 cm³/mol. The van der Waals surface area contributed by atoms with Gasteiger partial charge in [0.25, 0.3) is 5.91 Å². The number of benzene rings is 2. The van der Waals surface area contributed by atoms with Crippen molar-refractivity contribution < 1.29 is 9.18 Å². The number of nitrogens with one attached hydrogen (secondary N) is 1. The van der Waals surface area contributed by atoms with Gasteiger partial charge in [0, 0.05) is 25.8 Å². The fourth-order valence-corrected chi connectivity index (χ4v) is 2.86. The first-order valence-corrected chi connectivity index (χ1v) is 9.31. The zero-order valence-corrected chi connectivity index (χ0v) is 15.8. The van der Waals surface area contributed by atoms with Gasteiger partial charge in [-0.2, -0.15) is 0 Å². The fraction of sp³-hybridized carbons (Fsp3) is 0.227. The quantitative estimate of drug-likeness (QED) is 0.651. The van der Waals surface area contributed by atoms with Crippen molar-refractivity contribution in [2.24, 2.45) is 0 Å². The van der Waals surface area contributed by atoms with Crippen LogP contribution in [0, 0.1) is 5.82 Å². The summed E-state index contributed by atoms with van der Waals surface area (Å²) in [5, 5.41) is 2.79. The molecule has 1 amide bonds. The average Bonchev–Trinajstić information content (AvgIpc) is 2.74. The largest absolute Gasteiger partial charge is 0.350 e. The zero-order chi connectivity index (χ0) is 19.8. The molecule has 3 aromatic rings. The van der Waals surface area contributed by atoms with E-state index in [1.54, 1.807) is 30.5 Å². The number of carbonyl (C=O) groups is 1. The topological polar surface area (TPSA) is 58.1 Å². The van der Waals surface area contributed by atoms with Crippen LogP contribution >= 0.6 is 0 Å². The van der Waals surface area contributed by atoms with Crippen LogP contribution in [0.15, 0.2) is 66.9 Å². The molecule has 0 radical (unpaired) electrons. The maximum absolute atomic E-state index is 13.7. The van der Waals surface area contributed by atoms with Gasteiger partial charge in [0.2, 0.25) is 5.95 Å². The van der Waals surface area contributed by atoms with E-state index in [4.69, 9.17) is 0 Å². The molecule has 0 unspecified atom stereocenters. The van der Waals surface area contributed by atoms with E-state index in [0.717, 1.165) is 5.56 Å². The second-order valence-corrected chi connectivity index (χ2v) is 6.34. The van der Waals surface area contributed by atoms with Crippen LogP contribution in [0.25, 0.3) is 0 Å². The Labute approximate surface area is 164 Å². The number of carbonyl (C=O) groups excluding carboxylic acids is 1. The molecule has 2 aromatic carbocycles. The molecule has 0 bridgehead atoms. The summed E-state index contributed by atoms with van der Waals surface area (Å²) in [5.41, 5.74) is 2.02. The van der Waals surface area contributed by atoms with Gasteiger partial charge in [0.1, 0.15) is 11.5 Å². The SMILES string of the molecule is CCN(Cc1ccccc1)c1nccc(C(=O)NCCc2ccccc2F)n1. The average molecular weight is 378 g/mol. The van der Waals surface area contributed by atoms with Crippen LogP contribution in [-0.4, -0.2) is 29.0 Å². The highest BCUT2D eigenvalue weighted by atomic mass is 19.1. The number of amides is 1. The molecular weight excluding hydrogens is 355 g/mol. The Morgan fingerprint density at radius 3 is 2.57 bits per heavy atom. The molecule has 0 saturated carbocycles. The van der Waals surface area contributed by atoms with E-state index in [1.165, 1.54) is 6.07 Å². The lowest BCUT2D eigenvalue weighted by molar-refractivity contribution is 0.0949. The van der Waals surface area contributed by atoms with Crippen molar-refractivity contribution in [2.45, 2.75) is 19.9 Å². The number of halogens is 1. The molecule has 1 heterocycles. The van der Waals surface area contributed by atoms with Crippen LogP contribution in [0.1, 0.15) is 28.5 Å². The smallest absolute Gasteiger partial charge is 0.270 e. The van der Waals surface area contributed by atoms with Gasteiger partial charge in [-0.1, -0.05) is 48.5 Å². The van der Waals surface area contributed by atoms with E-state index < -0.39 is 0 Å². The molecule has 1 aromatic heterocycles. The molecule has 0 atom stereocenters. The van der Waals surface area contributed by atoms with Crippen LogP contribution in [0.5, 0.6) is 0 Å². The summed E-state index contributed by atoms with van der Waals surface area (Å²) in [7, 11) is 0. The van der Waals surface area contributed by atoms with Crippen LogP contribution in [0.4, 0.5) is 10.3 Å². The molecular formula is C22H23FN4O. The first kappa shape index (κ1) is 19.5. The summed E-state index contributed by atoms with van der Waals surface area (Å²) in [6.45, 7) is 3.73.